The fraction of sp³-hybridized carbons (Fsp3) is 0.583. The second kappa shape index (κ2) is 6.21. The van der Waals surface area contributed by atoms with Crippen molar-refractivity contribution in [3.05, 3.63) is 24.0 Å². The minimum absolute atomic E-state index is 0.325. The Hall–Kier alpha value is -1.34. The fourth-order valence-corrected chi connectivity index (χ4v) is 2.96. The molecular formula is C12H20N6S. The van der Waals surface area contributed by atoms with Crippen LogP contribution in [0.5, 0.6) is 0 Å². The number of rotatable bonds is 6. The number of imidazole rings is 1. The van der Waals surface area contributed by atoms with E-state index in [2.05, 4.69) is 38.2 Å². The molecule has 0 saturated heterocycles. The minimum atomic E-state index is 0.325. The van der Waals surface area contributed by atoms with Crippen LogP contribution in [0.3, 0.4) is 0 Å². The van der Waals surface area contributed by atoms with E-state index >= 15 is 0 Å². The van der Waals surface area contributed by atoms with Gasteiger partial charge < -0.3 is 14.9 Å². The first-order valence-electron chi connectivity index (χ1n) is 6.38. The van der Waals surface area contributed by atoms with E-state index in [1.165, 1.54) is 0 Å². The van der Waals surface area contributed by atoms with Gasteiger partial charge in [-0.15, -0.1) is 10.2 Å². The molecule has 7 heteroatoms. The van der Waals surface area contributed by atoms with Crippen LogP contribution in [0.1, 0.15) is 31.5 Å². The topological polar surface area (TPSA) is 74.6 Å². The van der Waals surface area contributed by atoms with Crippen LogP contribution in [-0.2, 0) is 13.1 Å². The molecule has 0 aliphatic carbocycles. The number of hydrogen-bond donors (Lipinski definition) is 1. The predicted molar refractivity (Wildman–Crippen MR) is 76.0 cm³/mol. The highest BCUT2D eigenvalue weighted by Gasteiger charge is 2.13. The molecule has 2 heterocycles. The van der Waals surface area contributed by atoms with Crippen molar-refractivity contribution in [1.29, 1.82) is 0 Å². The van der Waals surface area contributed by atoms with Gasteiger partial charge in [0.25, 0.3) is 0 Å². The highest BCUT2D eigenvalue weighted by molar-refractivity contribution is 7.99. The van der Waals surface area contributed by atoms with Gasteiger partial charge in [-0.1, -0.05) is 11.8 Å². The van der Waals surface area contributed by atoms with E-state index in [1.807, 2.05) is 19.3 Å². The van der Waals surface area contributed by atoms with E-state index in [9.17, 15) is 0 Å². The summed E-state index contributed by atoms with van der Waals surface area (Å²) in [5.74, 6) is 2.82. The van der Waals surface area contributed by atoms with Crippen molar-refractivity contribution in [1.82, 2.24) is 24.3 Å². The van der Waals surface area contributed by atoms with Gasteiger partial charge in [0.1, 0.15) is 11.6 Å². The number of thioether (sulfide) groups is 1. The smallest absolute Gasteiger partial charge is 0.191 e. The normalized spacial score (nSPS) is 11.4. The maximum Gasteiger partial charge on any atom is 0.191 e. The summed E-state index contributed by atoms with van der Waals surface area (Å²) < 4.78 is 4.23. The van der Waals surface area contributed by atoms with Crippen molar-refractivity contribution in [3.63, 3.8) is 0 Å². The van der Waals surface area contributed by atoms with Crippen molar-refractivity contribution >= 4 is 11.8 Å². The summed E-state index contributed by atoms with van der Waals surface area (Å²) in [4.78, 5) is 4.21. The number of aromatic nitrogens is 5. The summed E-state index contributed by atoms with van der Waals surface area (Å²) in [6.45, 7) is 7.58. The van der Waals surface area contributed by atoms with Crippen LogP contribution in [-0.4, -0.2) is 30.1 Å². The lowest BCUT2D eigenvalue weighted by molar-refractivity contribution is 0.526. The molecule has 104 valence electrons. The molecule has 0 bridgehead atoms. The molecule has 2 rings (SSSR count). The van der Waals surface area contributed by atoms with Gasteiger partial charge in [0.05, 0.1) is 6.54 Å². The molecule has 0 atom stereocenters. The summed E-state index contributed by atoms with van der Waals surface area (Å²) >= 11 is 1.70. The monoisotopic (exact) mass is 280 g/mol. The van der Waals surface area contributed by atoms with E-state index in [0.29, 0.717) is 12.6 Å². The molecule has 0 aromatic carbocycles. The molecule has 6 nitrogen and oxygen atoms in total. The van der Waals surface area contributed by atoms with Gasteiger partial charge in [0.2, 0.25) is 0 Å². The predicted octanol–water partition coefficient (Wildman–Crippen LogP) is 1.61. The Labute approximate surface area is 117 Å². The molecule has 19 heavy (non-hydrogen) atoms. The van der Waals surface area contributed by atoms with Gasteiger partial charge in [0, 0.05) is 30.7 Å². The molecule has 2 aromatic heterocycles. The van der Waals surface area contributed by atoms with Crippen LogP contribution in [0, 0.1) is 6.92 Å². The highest BCUT2D eigenvalue weighted by Crippen LogP contribution is 2.21. The van der Waals surface area contributed by atoms with E-state index < -0.39 is 0 Å². The molecule has 0 unspecified atom stereocenters. The number of nitrogens with zero attached hydrogens (tertiary/aromatic N) is 5. The quantitative estimate of drug-likeness (QED) is 0.814. The molecule has 0 spiro atoms. The van der Waals surface area contributed by atoms with E-state index in [-0.39, 0.29) is 0 Å². The van der Waals surface area contributed by atoms with E-state index in [1.54, 1.807) is 11.8 Å². The second-order valence-electron chi connectivity index (χ2n) is 4.58. The summed E-state index contributed by atoms with van der Waals surface area (Å²) in [5, 5.41) is 9.30. The third-order valence-electron chi connectivity index (χ3n) is 2.92. The van der Waals surface area contributed by atoms with Crippen LogP contribution < -0.4 is 5.73 Å². The summed E-state index contributed by atoms with van der Waals surface area (Å²) in [7, 11) is 0. The largest absolute Gasteiger partial charge is 0.334 e. The lowest BCUT2D eigenvalue weighted by Gasteiger charge is -2.12. The average molecular weight is 280 g/mol. The van der Waals surface area contributed by atoms with Crippen molar-refractivity contribution in [2.75, 3.05) is 5.75 Å². The highest BCUT2D eigenvalue weighted by atomic mass is 32.2. The molecule has 0 amide bonds. The molecule has 0 aliphatic rings. The third kappa shape index (κ3) is 3.16. The first-order valence-corrected chi connectivity index (χ1v) is 7.36. The second-order valence-corrected chi connectivity index (χ2v) is 5.65. The zero-order chi connectivity index (χ0) is 13.8. The lowest BCUT2D eigenvalue weighted by Crippen LogP contribution is -2.11. The van der Waals surface area contributed by atoms with Gasteiger partial charge in [0.15, 0.2) is 5.16 Å². The van der Waals surface area contributed by atoms with Crippen LogP contribution >= 0.6 is 11.8 Å². The zero-order valence-corrected chi connectivity index (χ0v) is 12.4. The SMILES string of the molecule is Cc1nccn1CCSc1nnc(CN)n1C(C)C. The van der Waals surface area contributed by atoms with Gasteiger partial charge >= 0.3 is 0 Å². The lowest BCUT2D eigenvalue weighted by atomic mass is 10.4. The molecule has 0 aliphatic heterocycles. The summed E-state index contributed by atoms with van der Waals surface area (Å²) in [5.41, 5.74) is 5.68. The first-order chi connectivity index (χ1) is 9.13. The average Bonchev–Trinajstić information content (AvgIpc) is 2.96. The standard InChI is InChI=1S/C12H20N6S/c1-9(2)18-11(8-13)15-16-12(18)19-7-6-17-5-4-14-10(17)3/h4-5,9H,6-8,13H2,1-3H3. The van der Waals surface area contributed by atoms with Crippen molar-refractivity contribution in [2.45, 2.75) is 45.1 Å². The zero-order valence-electron chi connectivity index (χ0n) is 11.6. The molecule has 0 saturated carbocycles. The van der Waals surface area contributed by atoms with Gasteiger partial charge in [-0.3, -0.25) is 0 Å². The fourth-order valence-electron chi connectivity index (χ4n) is 1.94. The van der Waals surface area contributed by atoms with Crippen LogP contribution in [0.15, 0.2) is 17.6 Å². The third-order valence-corrected chi connectivity index (χ3v) is 3.84. The van der Waals surface area contributed by atoms with Gasteiger partial charge in [-0.25, -0.2) is 4.98 Å². The molecular weight excluding hydrogens is 260 g/mol. The number of hydrogen-bond acceptors (Lipinski definition) is 5. The number of nitrogens with two attached hydrogens (primary N) is 1. The van der Waals surface area contributed by atoms with Crippen LogP contribution in [0.25, 0.3) is 0 Å². The Morgan fingerprint density at radius 1 is 1.37 bits per heavy atom. The van der Waals surface area contributed by atoms with Crippen molar-refractivity contribution < 1.29 is 0 Å². The van der Waals surface area contributed by atoms with Crippen LogP contribution in [0.4, 0.5) is 0 Å². The molecule has 0 fully saturated rings. The Bertz CT molecular complexity index is 530. The Morgan fingerprint density at radius 2 is 2.16 bits per heavy atom. The van der Waals surface area contributed by atoms with Crippen molar-refractivity contribution in [3.8, 4) is 0 Å². The summed E-state index contributed by atoms with van der Waals surface area (Å²) in [6, 6.07) is 0.325. The van der Waals surface area contributed by atoms with Gasteiger partial charge in [-0.05, 0) is 20.8 Å². The Kier molecular flexibility index (Phi) is 4.60. The molecule has 2 aromatic rings. The first kappa shape index (κ1) is 14.1. The maximum absolute atomic E-state index is 5.68. The molecule has 0 radical (unpaired) electrons. The van der Waals surface area contributed by atoms with Crippen molar-refractivity contribution in [2.24, 2.45) is 5.73 Å². The minimum Gasteiger partial charge on any atom is -0.334 e. The van der Waals surface area contributed by atoms with Crippen LogP contribution in [0.2, 0.25) is 0 Å². The maximum atomic E-state index is 5.68. The Morgan fingerprint density at radius 3 is 2.74 bits per heavy atom. The summed E-state index contributed by atoms with van der Waals surface area (Å²) in [6.07, 6.45) is 3.82. The van der Waals surface area contributed by atoms with E-state index in [0.717, 1.165) is 29.1 Å². The van der Waals surface area contributed by atoms with E-state index in [4.69, 9.17) is 5.73 Å². The molecule has 2 N–H and O–H groups in total. The Balaban J connectivity index is 2.00. The number of aryl methyl sites for hydroxylation is 2. The van der Waals surface area contributed by atoms with Gasteiger partial charge in [-0.2, -0.15) is 0 Å².